The molecule has 42 nitrogen and oxygen atoms in total. The monoisotopic (exact) mass is 1860 g/mol. The first kappa shape index (κ1) is 87.1. The van der Waals surface area contributed by atoms with E-state index >= 15 is 9.59 Å². The molecule has 16 rings (SSSR count). The average Bonchev–Trinajstić information content (AvgIpc) is 0.707. The average molecular weight is 1860 g/mol. The Labute approximate surface area is 726 Å². The smallest absolute Gasteiger partial charge is 0.337 e. The molecule has 2 aliphatic carbocycles. The Kier molecular flexibility index (Phi) is 22.0. The van der Waals surface area contributed by atoms with Crippen molar-refractivity contribution in [2.75, 3.05) is 55.6 Å². The highest BCUT2D eigenvalue weighted by Gasteiger charge is 2.39. The van der Waals surface area contributed by atoms with E-state index in [-0.39, 0.29) is 119 Å². The van der Waals surface area contributed by atoms with Crippen molar-refractivity contribution in [2.24, 2.45) is 14.1 Å². The number of nitrogens with one attached hydrogen (secondary N) is 8. The lowest BCUT2D eigenvalue weighted by atomic mass is 9.80. The molecule has 48 heteroatoms. The maximum atomic E-state index is 15.1. The van der Waals surface area contributed by atoms with Gasteiger partial charge in [-0.15, -0.1) is 0 Å². The first-order chi connectivity index (χ1) is 60.9. The fraction of sp³-hybridized carbons (Fsp3) is 0.0494. The van der Waals surface area contributed by atoms with Gasteiger partial charge in [-0.05, 0) is 108 Å². The van der Waals surface area contributed by atoms with Crippen molar-refractivity contribution in [2.45, 2.75) is 29.4 Å². The van der Waals surface area contributed by atoms with E-state index in [0.29, 0.717) is 17.8 Å². The normalized spacial score (nSPS) is 12.5. The van der Waals surface area contributed by atoms with Crippen molar-refractivity contribution >= 4 is 193 Å². The van der Waals surface area contributed by atoms with Crippen molar-refractivity contribution < 1.29 is 107 Å². The van der Waals surface area contributed by atoms with Crippen LogP contribution in [0.15, 0.2) is 239 Å². The summed E-state index contributed by atoms with van der Waals surface area (Å²) in [6.45, 7) is -0.638. The molecule has 0 bridgehead atoms. The van der Waals surface area contributed by atoms with Crippen molar-refractivity contribution in [1.82, 2.24) is 39.0 Å². The summed E-state index contributed by atoms with van der Waals surface area (Å²) in [4.78, 5) is 121. The molecular formula is C81H58N16O26S6. The van der Waals surface area contributed by atoms with Crippen molar-refractivity contribution in [1.29, 1.82) is 0 Å². The number of anilines is 14. The lowest BCUT2D eigenvalue weighted by Crippen LogP contribution is -2.29. The zero-order chi connectivity index (χ0) is 92.2. The number of benzene rings is 10. The van der Waals surface area contributed by atoms with E-state index < -0.39 is 194 Å². The van der Waals surface area contributed by atoms with E-state index in [0.717, 1.165) is 57.7 Å². The molecule has 0 aliphatic heterocycles. The van der Waals surface area contributed by atoms with Gasteiger partial charge in [0, 0.05) is 77.0 Å². The third-order valence-corrected chi connectivity index (χ3v) is 25.7. The SMILES string of the molecule is Cn1c(=O)c(C(=O)c2cccc(S(=O)(=O)O)c2)c2c3c(c(Nc4cc(Nc5nc(NCCNc6nc(Nc7ccccc7C(=O)O)nc(Nc7cc(Nc8ccc9c%10c8C(=O)c8ccccc8-c%10c(C(=O)c8cccc(S(=O)(=O)O)c8)c(=O)n9C)c(S(=O)(=O)O)cc7S(=O)(=O)O)n6)nc(Nc6ccccc6)n5)c(S(=O)(=O)O)cc4S(=O)(=O)O)ccc31)C(=O)c1ccccc1-2. The molecule has 0 amide bonds. The third kappa shape index (κ3) is 16.8. The standard InChI is InChI=1S/C81H58N16O26S6/c1-96-55-28-26-49(63-65(55)61(43-20-6-8-22-45(43)71(63)100)67(73(96)102)69(98)38-14-12-18-41(32-38)124(106,107)108)85-51-34-53(59(128(118,119)120)36-57(51)126(112,113)114)88-80-92-76(90-78(94-80)84-40-16-4-3-5-17-40)82-30-31-83-77-91-79(87-48-25-11-10-24-47(48)75(104)105)95-81(93-77)89-54-35-52(58(127(115,116)117)37-60(54)129(121,122)123)86-50-27-29-56-66-62(44-21-7-9-23-46(44)72(101)64(50)66)68(74(103)97(56)2)70(99)39-15-13-19-42(33-39)125(109,110)111/h3-29,32-37,85-86H,30-31H2,1-2H3,(H,104,105)(H,106,107,108)(H,109,110,111)(H,112,113,114)(H,115,116,117)(H,118,119,120)(H,121,122,123)(H3,82,84,88,90,92,94)(H3,83,87,89,91,93,95). The number of aromatic carboxylic acids is 1. The highest BCUT2D eigenvalue weighted by Crippen LogP contribution is 2.49. The minimum atomic E-state index is -5.64. The molecule has 0 fully saturated rings. The van der Waals surface area contributed by atoms with Gasteiger partial charge in [0.2, 0.25) is 35.7 Å². The molecule has 0 spiro atoms. The van der Waals surface area contributed by atoms with Crippen LogP contribution in [-0.2, 0) is 74.8 Å². The van der Waals surface area contributed by atoms with E-state index in [1.807, 2.05) is 0 Å². The van der Waals surface area contributed by atoms with Crippen LogP contribution in [0.2, 0.25) is 0 Å². The highest BCUT2D eigenvalue weighted by molar-refractivity contribution is 7.87. The Hall–Kier alpha value is -15.4. The number of aromatic nitrogens is 8. The van der Waals surface area contributed by atoms with Gasteiger partial charge in [0.1, 0.15) is 19.6 Å². The minimum Gasteiger partial charge on any atom is -0.478 e. The van der Waals surface area contributed by atoms with E-state index in [1.54, 1.807) is 30.3 Å². The van der Waals surface area contributed by atoms with Crippen LogP contribution in [0.4, 0.5) is 81.2 Å². The van der Waals surface area contributed by atoms with Gasteiger partial charge in [0.15, 0.2) is 23.1 Å². The zero-order valence-corrected chi connectivity index (χ0v) is 70.3. The molecule has 0 saturated carbocycles. The summed E-state index contributed by atoms with van der Waals surface area (Å²) in [6, 6.07) is 40.3. The molecule has 14 aromatic rings. The van der Waals surface area contributed by atoms with E-state index in [9.17, 15) is 107 Å². The molecule has 15 N–H and O–H groups in total. The number of carbonyl (C=O) groups excluding carboxylic acids is 4. The van der Waals surface area contributed by atoms with E-state index in [4.69, 9.17) is 0 Å². The van der Waals surface area contributed by atoms with Crippen LogP contribution in [0.1, 0.15) is 74.0 Å². The number of nitrogens with zero attached hydrogens (tertiary/aromatic N) is 8. The number of ketones is 4. The lowest BCUT2D eigenvalue weighted by Gasteiger charge is -2.26. The maximum absolute atomic E-state index is 15.1. The molecule has 0 atom stereocenters. The van der Waals surface area contributed by atoms with Crippen LogP contribution < -0.4 is 53.7 Å². The van der Waals surface area contributed by atoms with Crippen LogP contribution in [0.25, 0.3) is 44.1 Å². The molecule has 10 aromatic carbocycles. The summed E-state index contributed by atoms with van der Waals surface area (Å²) in [5, 5.41) is 32.2. The Balaban J connectivity index is 0.751. The van der Waals surface area contributed by atoms with Gasteiger partial charge < -0.3 is 56.8 Å². The molecule has 4 heterocycles. The predicted octanol–water partition coefficient (Wildman–Crippen LogP) is 9.81. The number of fused-ring (bicyclic) bond motifs is 4. The molecule has 654 valence electrons. The third-order valence-electron chi connectivity index (χ3n) is 20.4. The first-order valence-corrected chi connectivity index (χ1v) is 45.7. The maximum Gasteiger partial charge on any atom is 0.337 e. The topological polar surface area (TPSA) is 649 Å². The van der Waals surface area contributed by atoms with Gasteiger partial charge >= 0.3 is 5.97 Å². The number of carbonyl (C=O) groups is 5. The molecule has 2 aliphatic rings. The van der Waals surface area contributed by atoms with Crippen molar-refractivity contribution in [3.8, 4) is 22.3 Å². The highest BCUT2D eigenvalue weighted by atomic mass is 32.2. The number of carboxylic acid groups (broad SMARTS) is 1. The summed E-state index contributed by atoms with van der Waals surface area (Å²) in [5.41, 5.74) is -8.76. The number of hydrogen-bond donors (Lipinski definition) is 15. The number of rotatable bonds is 28. The summed E-state index contributed by atoms with van der Waals surface area (Å²) >= 11 is 0. The van der Waals surface area contributed by atoms with Gasteiger partial charge in [-0.3, -0.25) is 56.1 Å². The van der Waals surface area contributed by atoms with Crippen LogP contribution in [0.3, 0.4) is 0 Å². The second-order valence-corrected chi connectivity index (χ2v) is 36.8. The van der Waals surface area contributed by atoms with Crippen molar-refractivity contribution in [3.05, 3.63) is 271 Å². The molecule has 4 aromatic heterocycles. The zero-order valence-electron chi connectivity index (χ0n) is 65.4. The van der Waals surface area contributed by atoms with Crippen LogP contribution in [-0.4, -0.2) is 164 Å². The quantitative estimate of drug-likeness (QED) is 0.0123. The van der Waals surface area contributed by atoms with Gasteiger partial charge in [0.25, 0.3) is 71.8 Å². The summed E-state index contributed by atoms with van der Waals surface area (Å²) in [5.74, 6) is -8.11. The second-order valence-electron chi connectivity index (χ2n) is 28.4. The molecule has 0 unspecified atom stereocenters. The summed E-state index contributed by atoms with van der Waals surface area (Å²) < 4.78 is 223. The number of para-hydroxylation sites is 2. The Bertz CT molecular complexity index is 8230. The Morgan fingerprint density at radius 2 is 0.667 bits per heavy atom. The number of aryl methyl sites for hydroxylation is 2. The van der Waals surface area contributed by atoms with E-state index in [2.05, 4.69) is 72.4 Å². The first-order valence-electron chi connectivity index (χ1n) is 37.1. The lowest BCUT2D eigenvalue weighted by molar-refractivity contribution is 0.0696. The second kappa shape index (κ2) is 32.6. The van der Waals surface area contributed by atoms with Gasteiger partial charge in [0.05, 0.1) is 88.5 Å². The Morgan fingerprint density at radius 3 is 1.05 bits per heavy atom. The van der Waals surface area contributed by atoms with Gasteiger partial charge in [-0.2, -0.15) is 80.4 Å². The molecule has 129 heavy (non-hydrogen) atoms. The number of carboxylic acids is 1. The fourth-order valence-corrected chi connectivity index (χ4v) is 18.6. The predicted molar refractivity (Wildman–Crippen MR) is 464 cm³/mol. The Morgan fingerprint density at radius 1 is 0.326 bits per heavy atom. The molecule has 0 radical (unpaired) electrons. The summed E-state index contributed by atoms with van der Waals surface area (Å²) in [7, 11) is -29.8. The number of hydrogen-bond acceptors (Lipinski definition) is 33. The van der Waals surface area contributed by atoms with Crippen LogP contribution >= 0.6 is 0 Å². The number of pyridine rings is 2. The molecular weight excluding hydrogens is 1810 g/mol. The van der Waals surface area contributed by atoms with Crippen LogP contribution in [0, 0.1) is 0 Å². The summed E-state index contributed by atoms with van der Waals surface area (Å²) in [6.07, 6.45) is 0. The van der Waals surface area contributed by atoms with Crippen molar-refractivity contribution in [3.63, 3.8) is 0 Å². The largest absolute Gasteiger partial charge is 0.478 e. The van der Waals surface area contributed by atoms with E-state index in [1.165, 1.54) is 123 Å². The molecule has 0 saturated heterocycles. The van der Waals surface area contributed by atoms with Gasteiger partial charge in [-0.25, -0.2) is 4.79 Å². The minimum absolute atomic E-state index is 0.00181. The fourth-order valence-electron chi connectivity index (χ4n) is 14.8. The van der Waals surface area contributed by atoms with Crippen LogP contribution in [0.5, 0.6) is 0 Å². The van der Waals surface area contributed by atoms with Gasteiger partial charge in [-0.1, -0.05) is 103 Å².